The minimum Gasteiger partial charge on any atom is -0.491 e. The van der Waals surface area contributed by atoms with Gasteiger partial charge in [0.1, 0.15) is 12.4 Å². The standard InChI is InChI=1S/C21H27NO3/c1-16(2)20(17-8-5-4-6-9-17)15-22-21(23)18-10-7-11-19(14-18)25-13-12-24-3/h4-11,14,16,20H,12-13,15H2,1-3H3,(H,22,23). The van der Waals surface area contributed by atoms with Crippen LogP contribution in [0.5, 0.6) is 5.75 Å². The monoisotopic (exact) mass is 341 g/mol. The Hall–Kier alpha value is -2.33. The summed E-state index contributed by atoms with van der Waals surface area (Å²) in [5.74, 6) is 1.31. The molecular weight excluding hydrogens is 314 g/mol. The third-order valence-corrected chi connectivity index (χ3v) is 4.17. The van der Waals surface area contributed by atoms with E-state index in [1.807, 2.05) is 30.3 Å². The van der Waals surface area contributed by atoms with E-state index in [0.717, 1.165) is 0 Å². The average molecular weight is 341 g/mol. The SMILES string of the molecule is COCCOc1cccc(C(=O)NCC(c2ccccc2)C(C)C)c1. The van der Waals surface area contributed by atoms with Gasteiger partial charge in [0.25, 0.3) is 5.91 Å². The lowest BCUT2D eigenvalue weighted by Gasteiger charge is -2.22. The van der Waals surface area contributed by atoms with Crippen LogP contribution in [0.25, 0.3) is 0 Å². The van der Waals surface area contributed by atoms with Crippen LogP contribution in [0.15, 0.2) is 54.6 Å². The third-order valence-electron chi connectivity index (χ3n) is 4.17. The fraction of sp³-hybridized carbons (Fsp3) is 0.381. The Morgan fingerprint density at radius 1 is 1.04 bits per heavy atom. The molecule has 1 unspecified atom stereocenters. The maximum atomic E-state index is 12.5. The van der Waals surface area contributed by atoms with Crippen molar-refractivity contribution in [2.75, 3.05) is 26.9 Å². The van der Waals surface area contributed by atoms with Crippen molar-refractivity contribution in [1.82, 2.24) is 5.32 Å². The molecule has 1 atom stereocenters. The van der Waals surface area contributed by atoms with Crippen LogP contribution in [0.3, 0.4) is 0 Å². The second-order valence-corrected chi connectivity index (χ2v) is 6.34. The van der Waals surface area contributed by atoms with Crippen molar-refractivity contribution in [3.63, 3.8) is 0 Å². The van der Waals surface area contributed by atoms with Gasteiger partial charge in [0.2, 0.25) is 0 Å². The second kappa shape index (κ2) is 9.84. The zero-order valence-corrected chi connectivity index (χ0v) is 15.2. The molecule has 0 spiro atoms. The van der Waals surface area contributed by atoms with Crippen molar-refractivity contribution in [3.8, 4) is 5.75 Å². The number of rotatable bonds is 9. The highest BCUT2D eigenvalue weighted by Gasteiger charge is 2.17. The lowest BCUT2D eigenvalue weighted by molar-refractivity contribution is 0.0948. The van der Waals surface area contributed by atoms with Crippen LogP contribution < -0.4 is 10.1 Å². The molecule has 1 N–H and O–H groups in total. The Kier molecular flexibility index (Phi) is 7.48. The Morgan fingerprint density at radius 2 is 1.80 bits per heavy atom. The van der Waals surface area contributed by atoms with Crippen LogP contribution >= 0.6 is 0 Å². The molecule has 4 heteroatoms. The van der Waals surface area contributed by atoms with Gasteiger partial charge in [-0.2, -0.15) is 0 Å². The van der Waals surface area contributed by atoms with E-state index in [1.165, 1.54) is 5.56 Å². The predicted molar refractivity (Wildman–Crippen MR) is 100 cm³/mol. The summed E-state index contributed by atoms with van der Waals surface area (Å²) in [6.45, 7) is 5.94. The summed E-state index contributed by atoms with van der Waals surface area (Å²) in [7, 11) is 1.63. The number of ether oxygens (including phenoxy) is 2. The average Bonchev–Trinajstić information content (AvgIpc) is 2.63. The summed E-state index contributed by atoms with van der Waals surface area (Å²) in [4.78, 5) is 12.5. The Bertz CT molecular complexity index is 655. The number of nitrogens with one attached hydrogen (secondary N) is 1. The fourth-order valence-corrected chi connectivity index (χ4v) is 2.71. The molecule has 2 aromatic carbocycles. The Balaban J connectivity index is 1.97. The number of carbonyl (C=O) groups is 1. The summed E-state index contributed by atoms with van der Waals surface area (Å²) in [5.41, 5.74) is 1.85. The van der Waals surface area contributed by atoms with Gasteiger partial charge in [-0.05, 0) is 29.7 Å². The van der Waals surface area contributed by atoms with Crippen molar-refractivity contribution in [1.29, 1.82) is 0 Å². The molecule has 0 aliphatic heterocycles. The number of benzene rings is 2. The van der Waals surface area contributed by atoms with Crippen LogP contribution in [0.1, 0.15) is 35.7 Å². The van der Waals surface area contributed by atoms with Gasteiger partial charge in [-0.3, -0.25) is 4.79 Å². The normalized spacial score (nSPS) is 12.0. The smallest absolute Gasteiger partial charge is 0.251 e. The van der Waals surface area contributed by atoms with Gasteiger partial charge in [-0.15, -0.1) is 0 Å². The highest BCUT2D eigenvalue weighted by molar-refractivity contribution is 5.94. The largest absolute Gasteiger partial charge is 0.491 e. The first kappa shape index (κ1) is 19.0. The first-order valence-electron chi connectivity index (χ1n) is 8.66. The molecule has 0 aromatic heterocycles. The first-order chi connectivity index (χ1) is 12.1. The van der Waals surface area contributed by atoms with Crippen LogP contribution in [-0.2, 0) is 4.74 Å². The Morgan fingerprint density at radius 3 is 2.48 bits per heavy atom. The molecule has 2 rings (SSSR count). The van der Waals surface area contributed by atoms with Gasteiger partial charge >= 0.3 is 0 Å². The van der Waals surface area contributed by atoms with Gasteiger partial charge in [-0.1, -0.05) is 50.2 Å². The molecule has 4 nitrogen and oxygen atoms in total. The fourth-order valence-electron chi connectivity index (χ4n) is 2.71. The minimum atomic E-state index is -0.0845. The maximum Gasteiger partial charge on any atom is 0.251 e. The molecule has 0 bridgehead atoms. The molecule has 0 aliphatic carbocycles. The van der Waals surface area contributed by atoms with Crippen molar-refractivity contribution < 1.29 is 14.3 Å². The lowest BCUT2D eigenvalue weighted by Crippen LogP contribution is -2.30. The van der Waals surface area contributed by atoms with Crippen LogP contribution in [0, 0.1) is 5.92 Å². The summed E-state index contributed by atoms with van der Waals surface area (Å²) < 4.78 is 10.5. The van der Waals surface area contributed by atoms with Crippen LogP contribution in [0.2, 0.25) is 0 Å². The number of methoxy groups -OCH3 is 1. The molecule has 0 heterocycles. The molecule has 0 saturated carbocycles. The summed E-state index contributed by atoms with van der Waals surface area (Å²) in [6, 6.07) is 17.5. The molecule has 25 heavy (non-hydrogen) atoms. The number of hydrogen-bond donors (Lipinski definition) is 1. The van der Waals surface area contributed by atoms with Crippen LogP contribution in [-0.4, -0.2) is 32.8 Å². The van der Waals surface area contributed by atoms with E-state index in [1.54, 1.807) is 19.2 Å². The Labute approximate surface area is 150 Å². The number of carbonyl (C=O) groups excluding carboxylic acids is 1. The quantitative estimate of drug-likeness (QED) is 0.704. The van der Waals surface area contributed by atoms with E-state index in [-0.39, 0.29) is 11.8 Å². The highest BCUT2D eigenvalue weighted by Crippen LogP contribution is 2.23. The van der Waals surface area contributed by atoms with E-state index in [0.29, 0.717) is 37.0 Å². The summed E-state index contributed by atoms with van der Waals surface area (Å²) in [6.07, 6.45) is 0. The van der Waals surface area contributed by atoms with E-state index in [2.05, 4.69) is 31.3 Å². The third kappa shape index (κ3) is 5.91. The summed E-state index contributed by atoms with van der Waals surface area (Å²) in [5, 5.41) is 3.05. The molecule has 0 fully saturated rings. The maximum absolute atomic E-state index is 12.5. The van der Waals surface area contributed by atoms with E-state index >= 15 is 0 Å². The van der Waals surface area contributed by atoms with Crippen molar-refractivity contribution >= 4 is 5.91 Å². The van der Waals surface area contributed by atoms with Crippen LogP contribution in [0.4, 0.5) is 0 Å². The molecule has 0 aliphatic rings. The molecule has 0 saturated heterocycles. The lowest BCUT2D eigenvalue weighted by atomic mass is 9.88. The zero-order chi connectivity index (χ0) is 18.1. The number of amides is 1. The van der Waals surface area contributed by atoms with Gasteiger partial charge < -0.3 is 14.8 Å². The van der Waals surface area contributed by atoms with Gasteiger partial charge in [-0.25, -0.2) is 0 Å². The second-order valence-electron chi connectivity index (χ2n) is 6.34. The van der Waals surface area contributed by atoms with E-state index in [9.17, 15) is 4.79 Å². The van der Waals surface area contributed by atoms with Gasteiger partial charge in [0.05, 0.1) is 6.61 Å². The number of hydrogen-bond acceptors (Lipinski definition) is 3. The predicted octanol–water partition coefficient (Wildman–Crippen LogP) is 3.88. The molecular formula is C21H27NO3. The summed E-state index contributed by atoms with van der Waals surface area (Å²) >= 11 is 0. The molecule has 134 valence electrons. The molecule has 0 radical (unpaired) electrons. The zero-order valence-electron chi connectivity index (χ0n) is 15.2. The molecule has 1 amide bonds. The topological polar surface area (TPSA) is 47.6 Å². The van der Waals surface area contributed by atoms with E-state index < -0.39 is 0 Å². The van der Waals surface area contributed by atoms with Gasteiger partial charge in [0, 0.05) is 25.1 Å². The van der Waals surface area contributed by atoms with Crippen molar-refractivity contribution in [3.05, 3.63) is 65.7 Å². The van der Waals surface area contributed by atoms with Crippen molar-refractivity contribution in [2.45, 2.75) is 19.8 Å². The highest BCUT2D eigenvalue weighted by atomic mass is 16.5. The molecule has 2 aromatic rings. The minimum absolute atomic E-state index is 0.0845. The van der Waals surface area contributed by atoms with Crippen molar-refractivity contribution in [2.24, 2.45) is 5.92 Å². The van der Waals surface area contributed by atoms with E-state index in [4.69, 9.17) is 9.47 Å². The first-order valence-corrected chi connectivity index (χ1v) is 8.66. The van der Waals surface area contributed by atoms with Gasteiger partial charge in [0.15, 0.2) is 0 Å².